The highest BCUT2D eigenvalue weighted by Crippen LogP contribution is 2.27. The minimum Gasteiger partial charge on any atom is -0.482 e. The molecule has 0 aromatic heterocycles. The van der Waals surface area contributed by atoms with Crippen LogP contribution in [0.1, 0.15) is 6.42 Å². The molecule has 114 valence electrons. The molecule has 0 aliphatic carbocycles. The summed E-state index contributed by atoms with van der Waals surface area (Å²) >= 11 is 11.7. The van der Waals surface area contributed by atoms with Crippen LogP contribution in [0.25, 0.3) is 0 Å². The van der Waals surface area contributed by atoms with Gasteiger partial charge < -0.3 is 19.8 Å². The summed E-state index contributed by atoms with van der Waals surface area (Å²) in [7, 11) is 0. The van der Waals surface area contributed by atoms with Crippen LogP contribution in [0.2, 0.25) is 10.0 Å². The Hall–Kier alpha value is -1.50. The Morgan fingerprint density at radius 2 is 2.10 bits per heavy atom. The highest BCUT2D eigenvalue weighted by Gasteiger charge is 2.38. The van der Waals surface area contributed by atoms with E-state index in [0.29, 0.717) is 5.02 Å². The fraction of sp³-hybridized carbons (Fsp3) is 0.385. The van der Waals surface area contributed by atoms with Crippen molar-refractivity contribution in [2.45, 2.75) is 18.6 Å². The topological polar surface area (TPSA) is 87.1 Å². The first-order valence-corrected chi connectivity index (χ1v) is 6.92. The van der Waals surface area contributed by atoms with Crippen LogP contribution >= 0.6 is 23.2 Å². The number of carboxylic acids is 1. The van der Waals surface area contributed by atoms with Crippen LogP contribution in [0.15, 0.2) is 18.2 Å². The Bertz CT molecular complexity index is 565. The molecule has 1 aliphatic rings. The molecule has 2 N–H and O–H groups in total. The quantitative estimate of drug-likeness (QED) is 0.870. The zero-order chi connectivity index (χ0) is 15.6. The first kappa shape index (κ1) is 15.9. The number of aliphatic hydroxyl groups excluding tert-OH is 1. The summed E-state index contributed by atoms with van der Waals surface area (Å²) in [6.07, 6.45) is -0.822. The molecule has 0 radical (unpaired) electrons. The molecule has 8 heteroatoms. The van der Waals surface area contributed by atoms with Crippen LogP contribution in [0.3, 0.4) is 0 Å². The lowest BCUT2D eigenvalue weighted by molar-refractivity contribution is -0.148. The number of hydrogen-bond donors (Lipinski definition) is 2. The lowest BCUT2D eigenvalue weighted by Gasteiger charge is -2.21. The molecule has 1 aromatic carbocycles. The third-order valence-corrected chi connectivity index (χ3v) is 3.66. The normalized spacial score (nSPS) is 21.4. The summed E-state index contributed by atoms with van der Waals surface area (Å²) in [6, 6.07) is 3.53. The first-order chi connectivity index (χ1) is 9.88. The molecule has 0 unspecified atom stereocenters. The molecular weight excluding hydrogens is 321 g/mol. The van der Waals surface area contributed by atoms with Gasteiger partial charge in [0.25, 0.3) is 5.91 Å². The average Bonchev–Trinajstić information content (AvgIpc) is 2.80. The maximum atomic E-state index is 12.0. The van der Waals surface area contributed by atoms with Gasteiger partial charge in [0.1, 0.15) is 11.8 Å². The predicted molar refractivity (Wildman–Crippen MR) is 75.7 cm³/mol. The van der Waals surface area contributed by atoms with Gasteiger partial charge in [0.15, 0.2) is 6.61 Å². The lowest BCUT2D eigenvalue weighted by Crippen LogP contribution is -2.42. The number of carbonyl (C=O) groups is 2. The van der Waals surface area contributed by atoms with Gasteiger partial charge in [-0.15, -0.1) is 0 Å². The number of likely N-dealkylation sites (tertiary alicyclic amines) is 1. The number of carbonyl (C=O) groups excluding carboxylic acids is 1. The monoisotopic (exact) mass is 333 g/mol. The van der Waals surface area contributed by atoms with E-state index in [1.807, 2.05) is 0 Å². The summed E-state index contributed by atoms with van der Waals surface area (Å²) in [5.41, 5.74) is 0. The summed E-state index contributed by atoms with van der Waals surface area (Å²) in [4.78, 5) is 24.2. The van der Waals surface area contributed by atoms with Crippen molar-refractivity contribution in [3.63, 3.8) is 0 Å². The van der Waals surface area contributed by atoms with E-state index < -0.39 is 24.0 Å². The van der Waals surface area contributed by atoms with Gasteiger partial charge in [-0.25, -0.2) is 4.79 Å². The largest absolute Gasteiger partial charge is 0.482 e. The molecule has 1 saturated heterocycles. The van der Waals surface area contributed by atoms with Crippen molar-refractivity contribution in [1.29, 1.82) is 0 Å². The molecule has 21 heavy (non-hydrogen) atoms. The Morgan fingerprint density at radius 3 is 2.71 bits per heavy atom. The molecule has 0 bridgehead atoms. The molecule has 0 saturated carbocycles. The average molecular weight is 334 g/mol. The van der Waals surface area contributed by atoms with E-state index in [1.165, 1.54) is 12.1 Å². The van der Waals surface area contributed by atoms with Crippen LogP contribution < -0.4 is 4.74 Å². The zero-order valence-electron chi connectivity index (χ0n) is 10.8. The SMILES string of the molecule is O=C(O)[C@@H]1C[C@H](O)CN1C(=O)COc1ccc(Cl)cc1Cl. The molecule has 0 spiro atoms. The van der Waals surface area contributed by atoms with E-state index in [9.17, 15) is 14.7 Å². The standard InChI is InChI=1S/C13H13Cl2NO5/c14-7-1-2-11(9(15)3-7)21-6-12(18)16-5-8(17)4-10(16)13(19)20/h1-3,8,10,17H,4-6H2,(H,19,20)/t8-,10-/m0/s1. The molecule has 1 heterocycles. The predicted octanol–water partition coefficient (Wildman–Crippen LogP) is 1.42. The molecule has 1 aliphatic heterocycles. The number of amides is 1. The minimum absolute atomic E-state index is 0.0166. The Labute approximate surface area is 130 Å². The van der Waals surface area contributed by atoms with E-state index >= 15 is 0 Å². The van der Waals surface area contributed by atoms with Crippen molar-refractivity contribution in [3.8, 4) is 5.75 Å². The van der Waals surface area contributed by atoms with Gasteiger partial charge in [0, 0.05) is 18.0 Å². The van der Waals surface area contributed by atoms with E-state index in [4.69, 9.17) is 33.0 Å². The van der Waals surface area contributed by atoms with Gasteiger partial charge in [0.2, 0.25) is 0 Å². The smallest absolute Gasteiger partial charge is 0.326 e. The number of carboxylic acid groups (broad SMARTS) is 1. The van der Waals surface area contributed by atoms with Gasteiger partial charge in [0.05, 0.1) is 11.1 Å². The fourth-order valence-corrected chi connectivity index (χ4v) is 2.60. The van der Waals surface area contributed by atoms with E-state index in [1.54, 1.807) is 6.07 Å². The van der Waals surface area contributed by atoms with Crippen molar-refractivity contribution in [2.75, 3.05) is 13.2 Å². The van der Waals surface area contributed by atoms with Gasteiger partial charge >= 0.3 is 5.97 Å². The van der Waals surface area contributed by atoms with Gasteiger partial charge in [-0.1, -0.05) is 23.2 Å². The summed E-state index contributed by atoms with van der Waals surface area (Å²) in [5.74, 6) is -1.39. The summed E-state index contributed by atoms with van der Waals surface area (Å²) in [5, 5.41) is 19.2. The highest BCUT2D eigenvalue weighted by molar-refractivity contribution is 6.35. The highest BCUT2D eigenvalue weighted by atomic mass is 35.5. The van der Waals surface area contributed by atoms with E-state index in [-0.39, 0.29) is 30.3 Å². The number of aliphatic hydroxyl groups is 1. The van der Waals surface area contributed by atoms with Crippen molar-refractivity contribution >= 4 is 35.1 Å². The third kappa shape index (κ3) is 3.78. The molecular formula is C13H13Cl2NO5. The van der Waals surface area contributed by atoms with Crippen molar-refractivity contribution in [3.05, 3.63) is 28.2 Å². The van der Waals surface area contributed by atoms with Gasteiger partial charge in [-0.3, -0.25) is 4.79 Å². The second-order valence-electron chi connectivity index (χ2n) is 4.65. The number of benzene rings is 1. The maximum absolute atomic E-state index is 12.0. The van der Waals surface area contributed by atoms with Crippen molar-refractivity contribution < 1.29 is 24.5 Å². The van der Waals surface area contributed by atoms with Crippen molar-refractivity contribution in [1.82, 2.24) is 4.90 Å². The van der Waals surface area contributed by atoms with Crippen LogP contribution in [-0.2, 0) is 9.59 Å². The number of aliphatic carboxylic acids is 1. The second-order valence-corrected chi connectivity index (χ2v) is 5.50. The number of hydrogen-bond acceptors (Lipinski definition) is 4. The van der Waals surface area contributed by atoms with Crippen LogP contribution in [0, 0.1) is 0 Å². The molecule has 2 atom stereocenters. The second kappa shape index (κ2) is 6.51. The Balaban J connectivity index is 1.99. The number of β-amino-alcohol motifs (C(OH)–C–C–N with tert-alkyl or cyclic N) is 1. The molecule has 1 amide bonds. The van der Waals surface area contributed by atoms with Gasteiger partial charge in [-0.05, 0) is 18.2 Å². The minimum atomic E-state index is -1.15. The first-order valence-electron chi connectivity index (χ1n) is 6.16. The molecule has 1 fully saturated rings. The molecule has 6 nitrogen and oxygen atoms in total. The molecule has 1 aromatic rings. The lowest BCUT2D eigenvalue weighted by atomic mass is 10.2. The number of nitrogens with zero attached hydrogens (tertiary/aromatic N) is 1. The van der Waals surface area contributed by atoms with Gasteiger partial charge in [-0.2, -0.15) is 0 Å². The molecule has 2 rings (SSSR count). The Morgan fingerprint density at radius 1 is 1.38 bits per heavy atom. The number of ether oxygens (including phenoxy) is 1. The van der Waals surface area contributed by atoms with Crippen LogP contribution in [0.4, 0.5) is 0 Å². The number of halogens is 2. The summed E-state index contributed by atoms with van der Waals surface area (Å²) in [6.45, 7) is -0.384. The van der Waals surface area contributed by atoms with Crippen LogP contribution in [-0.4, -0.2) is 52.3 Å². The third-order valence-electron chi connectivity index (χ3n) is 3.13. The fourth-order valence-electron chi connectivity index (χ4n) is 2.14. The Kier molecular flexibility index (Phi) is 4.92. The van der Waals surface area contributed by atoms with Crippen LogP contribution in [0.5, 0.6) is 5.75 Å². The summed E-state index contributed by atoms with van der Waals surface area (Å²) < 4.78 is 5.27. The van der Waals surface area contributed by atoms with E-state index in [0.717, 1.165) is 4.90 Å². The maximum Gasteiger partial charge on any atom is 0.326 e. The number of rotatable bonds is 4. The van der Waals surface area contributed by atoms with Crippen molar-refractivity contribution in [2.24, 2.45) is 0 Å². The van der Waals surface area contributed by atoms with E-state index in [2.05, 4.69) is 0 Å². The zero-order valence-corrected chi connectivity index (χ0v) is 12.3.